The molecule has 0 atom stereocenters. The van der Waals surface area contributed by atoms with E-state index in [9.17, 15) is 0 Å². The zero-order chi connectivity index (χ0) is 7.40. The van der Waals surface area contributed by atoms with Gasteiger partial charge in [0.15, 0.2) is 0 Å². The fourth-order valence-corrected chi connectivity index (χ4v) is 1.61. The molecular weight excluding hydrogens is 142 g/mol. The predicted octanol–water partition coefficient (Wildman–Crippen LogP) is 2.61. The number of rotatable bonds is 2. The van der Waals surface area contributed by atoms with E-state index in [-0.39, 0.29) is 0 Å². The van der Waals surface area contributed by atoms with Gasteiger partial charge >= 0.3 is 0 Å². The van der Waals surface area contributed by atoms with E-state index in [4.69, 9.17) is 0 Å². The predicted molar refractivity (Wildman–Crippen MR) is 48.5 cm³/mol. The molecule has 0 unspecified atom stereocenters. The average molecular weight is 153 g/mol. The molecule has 0 heterocycles. The van der Waals surface area contributed by atoms with Gasteiger partial charge in [-0.25, -0.2) is 0 Å². The smallest absolute Gasteiger partial charge is 0.0715 e. The number of aliphatic imine (C=N–C) groups is 1. The van der Waals surface area contributed by atoms with Crippen LogP contribution >= 0.6 is 11.8 Å². The Hall–Kier alpha value is -0.500. The van der Waals surface area contributed by atoms with Crippen molar-refractivity contribution in [3.63, 3.8) is 0 Å². The lowest BCUT2D eigenvalue weighted by atomic mass is 10.1. The highest BCUT2D eigenvalue weighted by atomic mass is 32.2. The van der Waals surface area contributed by atoms with Gasteiger partial charge < -0.3 is 0 Å². The van der Waals surface area contributed by atoms with Crippen molar-refractivity contribution >= 4 is 18.5 Å². The molecule has 0 aliphatic heterocycles. The lowest BCUT2D eigenvalue weighted by molar-refractivity contribution is 1.01. The van der Waals surface area contributed by atoms with Crippen molar-refractivity contribution in [1.82, 2.24) is 0 Å². The Morgan fingerprint density at radius 3 is 2.70 bits per heavy atom. The molecule has 0 spiro atoms. The van der Waals surface area contributed by atoms with Crippen LogP contribution < -0.4 is 0 Å². The number of hydrogen-bond acceptors (Lipinski definition) is 2. The van der Waals surface area contributed by atoms with Gasteiger partial charge in [-0.15, -0.1) is 11.8 Å². The standard InChI is InChI=1S/C8H11NS/c1-9-7-5-3-4-6-8(7)10-2/h5-6H,1,3-4H2,2H3. The fraction of sp³-hybridized carbons (Fsp3) is 0.375. The summed E-state index contributed by atoms with van der Waals surface area (Å²) in [7, 11) is 0. The van der Waals surface area contributed by atoms with Gasteiger partial charge in [-0.2, -0.15) is 0 Å². The first-order valence-electron chi connectivity index (χ1n) is 3.30. The van der Waals surface area contributed by atoms with E-state index < -0.39 is 0 Å². The molecule has 2 heteroatoms. The molecule has 1 rings (SSSR count). The van der Waals surface area contributed by atoms with E-state index in [1.54, 1.807) is 11.8 Å². The first kappa shape index (κ1) is 7.61. The Labute approximate surface area is 65.9 Å². The first-order chi connectivity index (χ1) is 4.88. The van der Waals surface area contributed by atoms with Crippen LogP contribution in [0.25, 0.3) is 0 Å². The van der Waals surface area contributed by atoms with Gasteiger partial charge in [-0.1, -0.05) is 12.2 Å². The summed E-state index contributed by atoms with van der Waals surface area (Å²) in [6, 6.07) is 0. The minimum absolute atomic E-state index is 1.05. The lowest BCUT2D eigenvalue weighted by Crippen LogP contribution is -1.87. The zero-order valence-electron chi connectivity index (χ0n) is 6.13. The lowest BCUT2D eigenvalue weighted by Gasteiger charge is -2.08. The molecule has 54 valence electrons. The Kier molecular flexibility index (Phi) is 2.75. The van der Waals surface area contributed by atoms with Crippen molar-refractivity contribution in [2.45, 2.75) is 12.8 Å². The fourth-order valence-electron chi connectivity index (χ4n) is 0.970. The molecule has 0 amide bonds. The minimum Gasteiger partial charge on any atom is -0.264 e. The van der Waals surface area contributed by atoms with Crippen LogP contribution in [0.4, 0.5) is 0 Å². The first-order valence-corrected chi connectivity index (χ1v) is 4.52. The van der Waals surface area contributed by atoms with Gasteiger partial charge in [0.25, 0.3) is 0 Å². The maximum absolute atomic E-state index is 3.92. The van der Waals surface area contributed by atoms with Gasteiger partial charge in [-0.05, 0) is 25.8 Å². The quantitative estimate of drug-likeness (QED) is 0.555. The van der Waals surface area contributed by atoms with E-state index >= 15 is 0 Å². The highest BCUT2D eigenvalue weighted by Crippen LogP contribution is 2.27. The van der Waals surface area contributed by atoms with Crippen molar-refractivity contribution in [2.24, 2.45) is 4.99 Å². The average Bonchev–Trinajstić information content (AvgIpc) is 2.04. The molecule has 0 saturated carbocycles. The van der Waals surface area contributed by atoms with Gasteiger partial charge in [0, 0.05) is 4.91 Å². The van der Waals surface area contributed by atoms with E-state index in [2.05, 4.69) is 30.1 Å². The maximum atomic E-state index is 3.92. The Morgan fingerprint density at radius 1 is 1.50 bits per heavy atom. The number of hydrogen-bond donors (Lipinski definition) is 0. The molecule has 1 nitrogen and oxygen atoms in total. The molecule has 0 aromatic heterocycles. The SMILES string of the molecule is C=NC1=CCCC=C1SC. The molecule has 0 saturated heterocycles. The third-order valence-corrected chi connectivity index (χ3v) is 2.29. The molecule has 1 aliphatic carbocycles. The molecule has 0 aromatic carbocycles. The number of thioether (sulfide) groups is 1. The summed E-state index contributed by atoms with van der Waals surface area (Å²) in [4.78, 5) is 5.19. The van der Waals surface area contributed by atoms with Crippen LogP contribution in [0.3, 0.4) is 0 Å². The van der Waals surface area contributed by atoms with E-state index in [1.807, 2.05) is 0 Å². The summed E-state index contributed by atoms with van der Waals surface area (Å²) >= 11 is 1.74. The van der Waals surface area contributed by atoms with Crippen LogP contribution in [0, 0.1) is 0 Å². The Morgan fingerprint density at radius 2 is 2.20 bits per heavy atom. The maximum Gasteiger partial charge on any atom is 0.0715 e. The van der Waals surface area contributed by atoms with Crippen molar-refractivity contribution in [3.05, 3.63) is 22.8 Å². The van der Waals surface area contributed by atoms with Crippen molar-refractivity contribution in [2.75, 3.05) is 6.26 Å². The molecule has 0 fully saturated rings. The van der Waals surface area contributed by atoms with E-state index in [0.29, 0.717) is 0 Å². The van der Waals surface area contributed by atoms with Crippen LogP contribution in [-0.4, -0.2) is 13.0 Å². The second kappa shape index (κ2) is 3.62. The monoisotopic (exact) mass is 153 g/mol. The largest absolute Gasteiger partial charge is 0.264 e. The summed E-state index contributed by atoms with van der Waals surface area (Å²) in [5.74, 6) is 0. The topological polar surface area (TPSA) is 12.4 Å². The molecule has 0 bridgehead atoms. The normalized spacial score (nSPS) is 17.7. The summed E-state index contributed by atoms with van der Waals surface area (Å²) in [6.45, 7) is 3.51. The highest BCUT2D eigenvalue weighted by molar-refractivity contribution is 8.02. The van der Waals surface area contributed by atoms with Crippen LogP contribution in [0.2, 0.25) is 0 Å². The summed E-state index contributed by atoms with van der Waals surface area (Å²) in [5, 5.41) is 0. The van der Waals surface area contributed by atoms with Crippen LogP contribution in [-0.2, 0) is 0 Å². The molecule has 10 heavy (non-hydrogen) atoms. The van der Waals surface area contributed by atoms with E-state index in [0.717, 1.165) is 18.5 Å². The minimum atomic E-state index is 1.05. The van der Waals surface area contributed by atoms with Crippen molar-refractivity contribution < 1.29 is 0 Å². The zero-order valence-corrected chi connectivity index (χ0v) is 6.95. The summed E-state index contributed by atoms with van der Waals surface area (Å²) < 4.78 is 0. The summed E-state index contributed by atoms with van der Waals surface area (Å²) in [5.41, 5.74) is 1.05. The molecule has 0 radical (unpaired) electrons. The van der Waals surface area contributed by atoms with Gasteiger partial charge in [0.2, 0.25) is 0 Å². The van der Waals surface area contributed by atoms with Gasteiger partial charge in [-0.3, -0.25) is 4.99 Å². The van der Waals surface area contributed by atoms with Crippen molar-refractivity contribution in [1.29, 1.82) is 0 Å². The third kappa shape index (κ3) is 1.51. The molecule has 1 aliphatic rings. The molecule has 0 N–H and O–H groups in total. The number of nitrogens with zero attached hydrogens (tertiary/aromatic N) is 1. The number of allylic oxidation sites excluding steroid dienone is 2. The van der Waals surface area contributed by atoms with Gasteiger partial charge in [0.1, 0.15) is 0 Å². The Balaban J connectivity index is 2.76. The van der Waals surface area contributed by atoms with Gasteiger partial charge in [0.05, 0.1) is 5.70 Å². The molecular formula is C8H11NS. The van der Waals surface area contributed by atoms with Crippen LogP contribution in [0.5, 0.6) is 0 Å². The summed E-state index contributed by atoms with van der Waals surface area (Å²) in [6.07, 6.45) is 8.68. The third-order valence-electron chi connectivity index (χ3n) is 1.48. The van der Waals surface area contributed by atoms with Crippen molar-refractivity contribution in [3.8, 4) is 0 Å². The Bertz CT molecular complexity index is 191. The highest BCUT2D eigenvalue weighted by Gasteiger charge is 2.03. The molecule has 0 aromatic rings. The second-order valence-corrected chi connectivity index (χ2v) is 2.95. The second-order valence-electron chi connectivity index (χ2n) is 2.10. The van der Waals surface area contributed by atoms with Crippen LogP contribution in [0.15, 0.2) is 27.7 Å². The van der Waals surface area contributed by atoms with Crippen LogP contribution in [0.1, 0.15) is 12.8 Å². The van der Waals surface area contributed by atoms with E-state index in [1.165, 1.54) is 4.91 Å².